The number of carbonyl (C=O) groups excluding carboxylic acids is 2. The quantitative estimate of drug-likeness (QED) is 0.689. The smallest absolute Gasteiger partial charge is 0.242 e. The largest absolute Gasteiger partial charge is 0.352 e. The molecule has 2 N–H and O–H groups in total. The minimum atomic E-state index is -0.525. The van der Waals surface area contributed by atoms with E-state index in [1.54, 1.807) is 0 Å². The minimum Gasteiger partial charge on any atom is -0.352 e. The van der Waals surface area contributed by atoms with Crippen LogP contribution in [-0.4, -0.2) is 43.4 Å². The van der Waals surface area contributed by atoms with Crippen molar-refractivity contribution in [2.24, 2.45) is 11.8 Å². The van der Waals surface area contributed by atoms with E-state index in [4.69, 9.17) is 11.6 Å². The molecule has 0 bridgehead atoms. The van der Waals surface area contributed by atoms with E-state index < -0.39 is 6.04 Å². The third-order valence-corrected chi connectivity index (χ3v) is 5.92. The molecule has 0 spiro atoms. The zero-order chi connectivity index (χ0) is 20.7. The highest BCUT2D eigenvalue weighted by Gasteiger charge is 2.29. The molecule has 1 saturated carbocycles. The SMILES string of the molecule is CC(C)C(NC(=O)C1CCCCC1)C(=O)NCC(c1ccccc1Cl)N(C)C. The van der Waals surface area contributed by atoms with Crippen molar-refractivity contribution in [3.8, 4) is 0 Å². The molecule has 1 aromatic rings. The zero-order valence-corrected chi connectivity index (χ0v) is 18.3. The van der Waals surface area contributed by atoms with Gasteiger partial charge in [0.1, 0.15) is 6.04 Å². The first-order valence-electron chi connectivity index (χ1n) is 10.3. The van der Waals surface area contributed by atoms with E-state index in [-0.39, 0.29) is 29.7 Å². The predicted molar refractivity (Wildman–Crippen MR) is 114 cm³/mol. The Labute approximate surface area is 174 Å². The van der Waals surface area contributed by atoms with Gasteiger partial charge in [-0.25, -0.2) is 0 Å². The normalized spacial score (nSPS) is 17.4. The lowest BCUT2D eigenvalue weighted by atomic mass is 9.88. The summed E-state index contributed by atoms with van der Waals surface area (Å²) in [6, 6.07) is 7.11. The summed E-state index contributed by atoms with van der Waals surface area (Å²) in [6.45, 7) is 4.35. The Hall–Kier alpha value is -1.59. The molecule has 2 amide bonds. The second kappa shape index (κ2) is 10.8. The Bertz CT molecular complexity index is 657. The molecular weight excluding hydrogens is 374 g/mol. The first kappa shape index (κ1) is 22.7. The van der Waals surface area contributed by atoms with Crippen LogP contribution in [0.2, 0.25) is 5.02 Å². The second-order valence-electron chi connectivity index (χ2n) is 8.31. The molecule has 1 aliphatic rings. The molecule has 0 radical (unpaired) electrons. The van der Waals surface area contributed by atoms with E-state index >= 15 is 0 Å². The molecule has 0 aromatic heterocycles. The van der Waals surface area contributed by atoms with Gasteiger partial charge in [0.05, 0.1) is 6.04 Å². The van der Waals surface area contributed by atoms with E-state index in [9.17, 15) is 9.59 Å². The minimum absolute atomic E-state index is 0.0174. The predicted octanol–water partition coefficient (Wildman–Crippen LogP) is 3.78. The van der Waals surface area contributed by atoms with Crippen LogP contribution in [0.3, 0.4) is 0 Å². The molecule has 2 unspecified atom stereocenters. The van der Waals surface area contributed by atoms with Crippen molar-refractivity contribution in [2.45, 2.75) is 58.0 Å². The van der Waals surface area contributed by atoms with Crippen molar-refractivity contribution >= 4 is 23.4 Å². The Kier molecular flexibility index (Phi) is 8.77. The van der Waals surface area contributed by atoms with Crippen LogP contribution < -0.4 is 10.6 Å². The van der Waals surface area contributed by atoms with Crippen molar-refractivity contribution in [3.63, 3.8) is 0 Å². The lowest BCUT2D eigenvalue weighted by Crippen LogP contribution is -2.52. The van der Waals surface area contributed by atoms with Crippen LogP contribution in [-0.2, 0) is 9.59 Å². The standard InChI is InChI=1S/C22H34ClN3O2/c1-15(2)20(25-21(27)16-10-6-5-7-11-16)22(28)24-14-19(26(3)4)17-12-8-9-13-18(17)23/h8-9,12-13,15-16,19-20H,5-7,10-11,14H2,1-4H3,(H,24,28)(H,25,27). The molecule has 28 heavy (non-hydrogen) atoms. The number of amides is 2. The molecule has 2 rings (SSSR count). The number of carbonyl (C=O) groups is 2. The van der Waals surface area contributed by atoms with Crippen LogP contribution in [0.1, 0.15) is 57.6 Å². The highest BCUT2D eigenvalue weighted by atomic mass is 35.5. The van der Waals surface area contributed by atoms with Gasteiger partial charge in [-0.1, -0.05) is 62.9 Å². The summed E-state index contributed by atoms with van der Waals surface area (Å²) in [5.41, 5.74) is 0.974. The molecule has 156 valence electrons. The van der Waals surface area contributed by atoms with Crippen molar-refractivity contribution in [3.05, 3.63) is 34.9 Å². The molecule has 1 aromatic carbocycles. The zero-order valence-electron chi connectivity index (χ0n) is 17.5. The molecule has 0 saturated heterocycles. The highest BCUT2D eigenvalue weighted by Crippen LogP contribution is 2.26. The van der Waals surface area contributed by atoms with Gasteiger partial charge in [0.15, 0.2) is 0 Å². The van der Waals surface area contributed by atoms with Crippen molar-refractivity contribution < 1.29 is 9.59 Å². The second-order valence-corrected chi connectivity index (χ2v) is 8.72. The van der Waals surface area contributed by atoms with Crippen LogP contribution in [0.5, 0.6) is 0 Å². The molecule has 1 aliphatic carbocycles. The molecule has 6 heteroatoms. The van der Waals surface area contributed by atoms with Gasteiger partial charge in [0.25, 0.3) is 0 Å². The fourth-order valence-corrected chi connectivity index (χ4v) is 4.06. The molecule has 5 nitrogen and oxygen atoms in total. The Morgan fingerprint density at radius 2 is 1.79 bits per heavy atom. The van der Waals surface area contributed by atoms with E-state index in [1.807, 2.05) is 57.1 Å². The summed E-state index contributed by atoms with van der Waals surface area (Å²) in [5, 5.41) is 6.71. The van der Waals surface area contributed by atoms with Gasteiger partial charge in [0, 0.05) is 17.5 Å². The number of rotatable bonds is 8. The van der Waals surface area contributed by atoms with Gasteiger partial charge < -0.3 is 15.5 Å². The number of nitrogens with zero attached hydrogens (tertiary/aromatic N) is 1. The Morgan fingerprint density at radius 1 is 1.14 bits per heavy atom. The van der Waals surface area contributed by atoms with Crippen molar-refractivity contribution in [1.29, 1.82) is 0 Å². The summed E-state index contributed by atoms with van der Waals surface area (Å²) in [7, 11) is 3.93. The lowest BCUT2D eigenvalue weighted by Gasteiger charge is -2.29. The molecule has 0 heterocycles. The number of hydrogen-bond donors (Lipinski definition) is 2. The van der Waals surface area contributed by atoms with Crippen LogP contribution in [0, 0.1) is 11.8 Å². The lowest BCUT2D eigenvalue weighted by molar-refractivity contribution is -0.132. The van der Waals surface area contributed by atoms with Crippen LogP contribution in [0.15, 0.2) is 24.3 Å². The molecule has 2 atom stereocenters. The van der Waals surface area contributed by atoms with E-state index in [0.717, 1.165) is 31.2 Å². The van der Waals surface area contributed by atoms with Gasteiger partial charge in [-0.15, -0.1) is 0 Å². The van der Waals surface area contributed by atoms with Gasteiger partial charge in [-0.2, -0.15) is 0 Å². The summed E-state index contributed by atoms with van der Waals surface area (Å²) >= 11 is 6.35. The third kappa shape index (κ3) is 6.21. The summed E-state index contributed by atoms with van der Waals surface area (Å²) in [6.07, 6.45) is 5.24. The summed E-state index contributed by atoms with van der Waals surface area (Å²) in [4.78, 5) is 27.5. The average Bonchev–Trinajstić information content (AvgIpc) is 2.67. The van der Waals surface area contributed by atoms with Crippen LogP contribution in [0.25, 0.3) is 0 Å². The number of hydrogen-bond acceptors (Lipinski definition) is 3. The fourth-order valence-electron chi connectivity index (χ4n) is 3.79. The van der Waals surface area contributed by atoms with Gasteiger partial charge >= 0.3 is 0 Å². The van der Waals surface area contributed by atoms with Crippen molar-refractivity contribution in [2.75, 3.05) is 20.6 Å². The maximum Gasteiger partial charge on any atom is 0.242 e. The van der Waals surface area contributed by atoms with E-state index in [0.29, 0.717) is 11.6 Å². The first-order valence-corrected chi connectivity index (χ1v) is 10.7. The molecular formula is C22H34ClN3O2. The average molecular weight is 408 g/mol. The van der Waals surface area contributed by atoms with Crippen LogP contribution in [0.4, 0.5) is 0 Å². The summed E-state index contributed by atoms with van der Waals surface area (Å²) in [5.74, 6) is -0.0621. The molecule has 0 aliphatic heterocycles. The van der Waals surface area contributed by atoms with E-state index in [2.05, 4.69) is 10.6 Å². The number of likely N-dealkylation sites (N-methyl/N-ethyl adjacent to an activating group) is 1. The Morgan fingerprint density at radius 3 is 2.36 bits per heavy atom. The molecule has 1 fully saturated rings. The van der Waals surface area contributed by atoms with Crippen LogP contribution >= 0.6 is 11.6 Å². The highest BCUT2D eigenvalue weighted by molar-refractivity contribution is 6.31. The van der Waals surface area contributed by atoms with E-state index in [1.165, 1.54) is 6.42 Å². The maximum absolute atomic E-state index is 12.9. The van der Waals surface area contributed by atoms with Gasteiger partial charge in [-0.3, -0.25) is 9.59 Å². The number of benzene rings is 1. The first-order chi connectivity index (χ1) is 13.3. The number of halogens is 1. The third-order valence-electron chi connectivity index (χ3n) is 5.58. The Balaban J connectivity index is 2.00. The van der Waals surface area contributed by atoms with Gasteiger partial charge in [-0.05, 0) is 44.5 Å². The maximum atomic E-state index is 12.9. The van der Waals surface area contributed by atoms with Gasteiger partial charge in [0.2, 0.25) is 11.8 Å². The monoisotopic (exact) mass is 407 g/mol. The van der Waals surface area contributed by atoms with Crippen molar-refractivity contribution in [1.82, 2.24) is 15.5 Å². The summed E-state index contributed by atoms with van der Waals surface area (Å²) < 4.78 is 0. The number of nitrogens with one attached hydrogen (secondary N) is 2. The fraction of sp³-hybridized carbons (Fsp3) is 0.636. The topological polar surface area (TPSA) is 61.4 Å².